The van der Waals surface area contributed by atoms with E-state index in [0.29, 0.717) is 38.0 Å². The molecular formula is C32H42N8O2. The number of nitrogens with two attached hydrogens (primary N) is 3. The van der Waals surface area contributed by atoms with Crippen molar-refractivity contribution in [1.29, 1.82) is 5.41 Å². The normalized spacial score (nSPS) is 12.1. The highest BCUT2D eigenvalue weighted by Crippen LogP contribution is 2.24. The summed E-state index contributed by atoms with van der Waals surface area (Å²) in [5, 5.41) is 12.6. The predicted octanol–water partition coefficient (Wildman–Crippen LogP) is 4.00. The number of carbonyl (C=O) groups excluding carboxylic acids is 2. The van der Waals surface area contributed by atoms with Crippen LogP contribution in [0.25, 0.3) is 21.8 Å². The van der Waals surface area contributed by atoms with Crippen LogP contribution in [0.4, 0.5) is 0 Å². The van der Waals surface area contributed by atoms with Crippen LogP contribution < -0.4 is 22.5 Å². The first-order valence-corrected chi connectivity index (χ1v) is 14.5. The molecule has 0 saturated carbocycles. The van der Waals surface area contributed by atoms with Gasteiger partial charge in [-0.2, -0.15) is 0 Å². The molecule has 10 nitrogen and oxygen atoms in total. The second-order valence-electron chi connectivity index (χ2n) is 11.3. The number of aromatic nitrogens is 2. The van der Waals surface area contributed by atoms with Crippen LogP contribution >= 0.6 is 0 Å². The monoisotopic (exact) mass is 570 g/mol. The van der Waals surface area contributed by atoms with Crippen molar-refractivity contribution in [1.82, 2.24) is 14.9 Å². The third kappa shape index (κ3) is 7.78. The van der Waals surface area contributed by atoms with Crippen LogP contribution in [0.5, 0.6) is 0 Å². The number of aliphatic imine (C=N–C) groups is 1. The Hall–Kier alpha value is -4.60. The summed E-state index contributed by atoms with van der Waals surface area (Å²) in [5.41, 5.74) is 21.3. The van der Waals surface area contributed by atoms with E-state index in [9.17, 15) is 9.59 Å². The van der Waals surface area contributed by atoms with E-state index in [1.807, 2.05) is 67.1 Å². The minimum atomic E-state index is -0.588. The zero-order chi connectivity index (χ0) is 30.2. The predicted molar refractivity (Wildman–Crippen MR) is 170 cm³/mol. The van der Waals surface area contributed by atoms with Crippen LogP contribution in [-0.4, -0.2) is 45.6 Å². The molecule has 0 spiro atoms. The van der Waals surface area contributed by atoms with E-state index < -0.39 is 6.04 Å². The summed E-state index contributed by atoms with van der Waals surface area (Å²) in [4.78, 5) is 34.0. The van der Waals surface area contributed by atoms with Crippen LogP contribution in [0.15, 0.2) is 59.7 Å². The lowest BCUT2D eigenvalue weighted by molar-refractivity contribution is -0.119. The number of nitrogens with one attached hydrogen (secondary N) is 3. The minimum Gasteiger partial charge on any atom is -0.388 e. The Kier molecular flexibility index (Phi) is 10.0. The number of hydrogen-bond donors (Lipinski definition) is 6. The van der Waals surface area contributed by atoms with E-state index in [1.165, 1.54) is 0 Å². The third-order valence-corrected chi connectivity index (χ3v) is 7.38. The third-order valence-electron chi connectivity index (χ3n) is 7.38. The first-order valence-electron chi connectivity index (χ1n) is 14.5. The van der Waals surface area contributed by atoms with Crippen molar-refractivity contribution in [2.24, 2.45) is 28.1 Å². The molecule has 1 atom stereocenters. The molecule has 0 aliphatic carbocycles. The topological polar surface area (TPSA) is 181 Å². The van der Waals surface area contributed by atoms with Gasteiger partial charge in [0, 0.05) is 53.9 Å². The molecule has 1 amide bonds. The number of H-pyrrole nitrogens is 1. The summed E-state index contributed by atoms with van der Waals surface area (Å²) in [6.45, 7) is 5.16. The smallest absolute Gasteiger partial charge is 0.267 e. The van der Waals surface area contributed by atoms with E-state index in [-0.39, 0.29) is 35.8 Å². The quantitative estimate of drug-likeness (QED) is 0.0716. The molecule has 9 N–H and O–H groups in total. The van der Waals surface area contributed by atoms with Crippen molar-refractivity contribution < 1.29 is 9.59 Å². The number of aryl methyl sites for hydroxylation is 1. The number of ketones is 1. The van der Waals surface area contributed by atoms with Gasteiger partial charge in [0.25, 0.3) is 5.91 Å². The van der Waals surface area contributed by atoms with Crippen molar-refractivity contribution in [3.05, 3.63) is 71.5 Å². The zero-order valence-electron chi connectivity index (χ0n) is 24.5. The molecule has 0 saturated heterocycles. The highest BCUT2D eigenvalue weighted by molar-refractivity contribution is 5.99. The molecule has 4 aromatic rings. The zero-order valence-corrected chi connectivity index (χ0v) is 24.5. The van der Waals surface area contributed by atoms with Crippen LogP contribution in [0.3, 0.4) is 0 Å². The van der Waals surface area contributed by atoms with Gasteiger partial charge in [-0.3, -0.25) is 15.0 Å². The maximum Gasteiger partial charge on any atom is 0.267 e. The van der Waals surface area contributed by atoms with E-state index in [4.69, 9.17) is 22.6 Å². The number of fused-ring (bicyclic) bond motifs is 2. The van der Waals surface area contributed by atoms with E-state index >= 15 is 0 Å². The number of rotatable bonds is 15. The molecule has 2 aromatic carbocycles. The number of Topliss-reactive ketones (excluding diaryl/α,β-unsaturated/α-hetero) is 1. The summed E-state index contributed by atoms with van der Waals surface area (Å²) in [5.74, 6) is 0.133. The van der Waals surface area contributed by atoms with Gasteiger partial charge >= 0.3 is 0 Å². The Morgan fingerprint density at radius 2 is 1.86 bits per heavy atom. The van der Waals surface area contributed by atoms with Gasteiger partial charge in [-0.25, -0.2) is 4.99 Å². The summed E-state index contributed by atoms with van der Waals surface area (Å²) in [6.07, 6.45) is 5.50. The van der Waals surface area contributed by atoms with E-state index in [1.54, 1.807) is 0 Å². The average Bonchev–Trinajstić information content (AvgIpc) is 3.51. The molecule has 2 aromatic heterocycles. The standard InChI is InChI=1S/C32H42N8O2/c1-20(2)15-26(39-32(35)36)29(41)17-21-10-11-27-23(16-21)18-28(40(27)14-6-5-9-30(33)34)31(42)37-13-12-22-19-38-25-8-4-3-7-24(22)25/h3-4,7-8,10-11,16,18-20,26,38H,5-6,9,12-15,17H2,1-2H3,(H3,33,34)(H,37,42)(H4,35,36,39). The molecule has 10 heteroatoms. The van der Waals surface area contributed by atoms with Gasteiger partial charge in [0.15, 0.2) is 11.7 Å². The summed E-state index contributed by atoms with van der Waals surface area (Å²) >= 11 is 0. The fourth-order valence-corrected chi connectivity index (χ4v) is 5.39. The molecule has 4 rings (SSSR count). The number of unbranched alkanes of at least 4 members (excludes halogenated alkanes) is 1. The van der Waals surface area contributed by atoms with Crippen LogP contribution in [0, 0.1) is 11.3 Å². The van der Waals surface area contributed by atoms with Gasteiger partial charge in [0.05, 0.1) is 5.84 Å². The van der Waals surface area contributed by atoms with Crippen molar-refractivity contribution in [2.75, 3.05) is 6.54 Å². The molecule has 1 unspecified atom stereocenters. The van der Waals surface area contributed by atoms with Crippen molar-refractivity contribution in [3.8, 4) is 0 Å². The number of nitrogens with zero attached hydrogens (tertiary/aromatic N) is 2. The average molecular weight is 571 g/mol. The van der Waals surface area contributed by atoms with Crippen molar-refractivity contribution in [3.63, 3.8) is 0 Å². The Labute approximate surface area is 246 Å². The van der Waals surface area contributed by atoms with Crippen molar-refractivity contribution in [2.45, 2.75) is 65.0 Å². The van der Waals surface area contributed by atoms with Gasteiger partial charge < -0.3 is 32.1 Å². The highest BCUT2D eigenvalue weighted by Gasteiger charge is 2.21. The summed E-state index contributed by atoms with van der Waals surface area (Å²) in [7, 11) is 0. The lowest BCUT2D eigenvalue weighted by Gasteiger charge is -2.14. The Bertz CT molecular complexity index is 1590. The van der Waals surface area contributed by atoms with Crippen LogP contribution in [0.1, 0.15) is 61.1 Å². The van der Waals surface area contributed by atoms with Crippen LogP contribution in [0.2, 0.25) is 0 Å². The molecule has 0 aliphatic heterocycles. The molecule has 42 heavy (non-hydrogen) atoms. The molecular weight excluding hydrogens is 528 g/mol. The number of amides is 1. The van der Waals surface area contributed by atoms with Gasteiger partial charge in [-0.05, 0) is 67.0 Å². The minimum absolute atomic E-state index is 0.0460. The second kappa shape index (κ2) is 13.8. The lowest BCUT2D eigenvalue weighted by Crippen LogP contribution is -2.30. The number of para-hydroxylation sites is 1. The fraction of sp³-hybridized carbons (Fsp3) is 0.375. The Balaban J connectivity index is 1.53. The number of guanidine groups is 1. The van der Waals surface area contributed by atoms with E-state index in [2.05, 4.69) is 21.4 Å². The highest BCUT2D eigenvalue weighted by atomic mass is 16.2. The number of hydrogen-bond acceptors (Lipinski definition) is 4. The molecule has 0 radical (unpaired) electrons. The molecule has 0 fully saturated rings. The molecule has 2 heterocycles. The molecule has 0 bridgehead atoms. The maximum atomic E-state index is 13.4. The molecule has 222 valence electrons. The van der Waals surface area contributed by atoms with E-state index in [0.717, 1.165) is 45.8 Å². The number of benzene rings is 2. The second-order valence-corrected chi connectivity index (χ2v) is 11.3. The number of carbonyl (C=O) groups is 2. The largest absolute Gasteiger partial charge is 0.388 e. The van der Waals surface area contributed by atoms with Gasteiger partial charge in [0.2, 0.25) is 0 Å². The maximum absolute atomic E-state index is 13.4. The van der Waals surface area contributed by atoms with Gasteiger partial charge in [0.1, 0.15) is 11.7 Å². The number of aromatic amines is 1. The van der Waals surface area contributed by atoms with Crippen LogP contribution in [-0.2, 0) is 24.2 Å². The fourth-order valence-electron chi connectivity index (χ4n) is 5.39. The summed E-state index contributed by atoms with van der Waals surface area (Å²) in [6, 6.07) is 15.3. The first kappa shape index (κ1) is 30.4. The van der Waals surface area contributed by atoms with Crippen molar-refractivity contribution >= 4 is 45.3 Å². The lowest BCUT2D eigenvalue weighted by atomic mass is 9.96. The number of amidine groups is 1. The first-order chi connectivity index (χ1) is 20.1. The van der Waals surface area contributed by atoms with Gasteiger partial charge in [-0.15, -0.1) is 0 Å². The summed E-state index contributed by atoms with van der Waals surface area (Å²) < 4.78 is 2.02. The Morgan fingerprint density at radius 3 is 2.60 bits per heavy atom. The van der Waals surface area contributed by atoms with Gasteiger partial charge in [-0.1, -0.05) is 38.1 Å². The Morgan fingerprint density at radius 1 is 1.07 bits per heavy atom. The SMILES string of the molecule is CC(C)CC(N=C(N)N)C(=O)Cc1ccc2c(c1)cc(C(=O)NCCc1c[nH]c3ccccc13)n2CCCCC(=N)N. The molecule has 0 aliphatic rings.